The second-order valence-electron chi connectivity index (χ2n) is 6.99. The van der Waals surface area contributed by atoms with Crippen LogP contribution in [0, 0.1) is 11.5 Å². The lowest BCUT2D eigenvalue weighted by molar-refractivity contribution is -0.140. The second kappa shape index (κ2) is 8.19. The SMILES string of the molecule is N#CNC(=N[C@H]1CCCCN(CC(=O)N2CCCC2)C1=O)NC1CC1. The molecule has 0 bridgehead atoms. The Balaban J connectivity index is 1.65. The molecule has 1 aliphatic carbocycles. The molecule has 2 saturated heterocycles. The normalized spacial score (nSPS) is 24.7. The van der Waals surface area contributed by atoms with Crippen LogP contribution in [-0.4, -0.2) is 65.8 Å². The fourth-order valence-electron chi connectivity index (χ4n) is 3.33. The number of carbonyl (C=O) groups is 2. The van der Waals surface area contributed by atoms with E-state index in [1.54, 1.807) is 4.90 Å². The summed E-state index contributed by atoms with van der Waals surface area (Å²) in [6.45, 7) is 2.33. The highest BCUT2D eigenvalue weighted by Gasteiger charge is 2.31. The van der Waals surface area contributed by atoms with E-state index in [1.165, 1.54) is 0 Å². The number of nitriles is 1. The van der Waals surface area contributed by atoms with Crippen molar-refractivity contribution in [1.29, 1.82) is 5.26 Å². The average Bonchev–Trinajstić information content (AvgIpc) is 3.27. The van der Waals surface area contributed by atoms with Crippen LogP contribution in [0.15, 0.2) is 4.99 Å². The fourth-order valence-corrected chi connectivity index (χ4v) is 3.33. The standard InChI is InChI=1S/C17H26N6O2/c18-12-19-17(20-13-6-7-13)21-14-5-1-2-10-23(16(14)25)11-15(24)22-8-3-4-9-22/h13-14H,1-11H2,(H2,19,20,21)/t14-/m0/s1. The molecule has 25 heavy (non-hydrogen) atoms. The van der Waals surface area contributed by atoms with Crippen LogP contribution in [0.5, 0.6) is 0 Å². The van der Waals surface area contributed by atoms with Gasteiger partial charge >= 0.3 is 0 Å². The number of hydrogen-bond acceptors (Lipinski definition) is 4. The quantitative estimate of drug-likeness (QED) is 0.327. The summed E-state index contributed by atoms with van der Waals surface area (Å²) in [6.07, 6.45) is 8.49. The van der Waals surface area contributed by atoms with Crippen LogP contribution in [0.1, 0.15) is 44.9 Å². The number of nitrogens with one attached hydrogen (secondary N) is 2. The summed E-state index contributed by atoms with van der Waals surface area (Å²) in [5.74, 6) is 0.290. The van der Waals surface area contributed by atoms with Crippen molar-refractivity contribution in [2.45, 2.75) is 57.0 Å². The number of hydrogen-bond donors (Lipinski definition) is 2. The molecular formula is C17H26N6O2. The number of aliphatic imine (C=N–C) groups is 1. The summed E-state index contributed by atoms with van der Waals surface area (Å²) in [5.41, 5.74) is 0. The molecule has 0 aromatic carbocycles. The molecule has 0 aromatic rings. The van der Waals surface area contributed by atoms with Gasteiger partial charge in [-0.15, -0.1) is 0 Å². The largest absolute Gasteiger partial charge is 0.353 e. The first-order valence-electron chi connectivity index (χ1n) is 9.23. The Kier molecular flexibility index (Phi) is 5.74. The molecule has 2 aliphatic heterocycles. The molecule has 1 saturated carbocycles. The summed E-state index contributed by atoms with van der Waals surface area (Å²) in [6, 6.07) is -0.190. The molecule has 1 atom stereocenters. The van der Waals surface area contributed by atoms with Crippen molar-refractivity contribution in [3.63, 3.8) is 0 Å². The highest BCUT2D eigenvalue weighted by Crippen LogP contribution is 2.19. The van der Waals surface area contributed by atoms with Crippen molar-refractivity contribution in [3.05, 3.63) is 0 Å². The van der Waals surface area contributed by atoms with Crippen LogP contribution in [0.4, 0.5) is 0 Å². The summed E-state index contributed by atoms with van der Waals surface area (Å²) in [7, 11) is 0. The summed E-state index contributed by atoms with van der Waals surface area (Å²) in [4.78, 5) is 33.2. The molecule has 0 spiro atoms. The molecule has 8 heteroatoms. The predicted molar refractivity (Wildman–Crippen MR) is 92.4 cm³/mol. The van der Waals surface area contributed by atoms with Gasteiger partial charge in [-0.2, -0.15) is 5.26 Å². The Labute approximate surface area is 148 Å². The van der Waals surface area contributed by atoms with Gasteiger partial charge in [0.15, 0.2) is 6.19 Å². The Bertz CT molecular complexity index is 574. The molecular weight excluding hydrogens is 320 g/mol. The molecule has 8 nitrogen and oxygen atoms in total. The molecule has 136 valence electrons. The number of carbonyl (C=O) groups excluding carboxylic acids is 2. The van der Waals surface area contributed by atoms with Crippen LogP contribution >= 0.6 is 0 Å². The first-order chi connectivity index (χ1) is 12.2. The smallest absolute Gasteiger partial charge is 0.247 e. The van der Waals surface area contributed by atoms with Gasteiger partial charge in [0.05, 0.1) is 6.54 Å². The van der Waals surface area contributed by atoms with Gasteiger partial charge in [-0.05, 0) is 44.9 Å². The van der Waals surface area contributed by atoms with E-state index in [9.17, 15) is 9.59 Å². The highest BCUT2D eigenvalue weighted by atomic mass is 16.2. The van der Waals surface area contributed by atoms with E-state index in [0.717, 1.165) is 51.6 Å². The maximum Gasteiger partial charge on any atom is 0.247 e. The van der Waals surface area contributed by atoms with Gasteiger partial charge in [0, 0.05) is 25.7 Å². The minimum Gasteiger partial charge on any atom is -0.353 e. The van der Waals surface area contributed by atoms with E-state index < -0.39 is 6.04 Å². The minimum absolute atomic E-state index is 0.0296. The lowest BCUT2D eigenvalue weighted by Crippen LogP contribution is -2.45. The van der Waals surface area contributed by atoms with Crippen molar-refractivity contribution in [1.82, 2.24) is 20.4 Å². The zero-order valence-corrected chi connectivity index (χ0v) is 14.5. The summed E-state index contributed by atoms with van der Waals surface area (Å²) >= 11 is 0. The topological polar surface area (TPSA) is 101 Å². The van der Waals surface area contributed by atoms with Crippen LogP contribution in [0.2, 0.25) is 0 Å². The van der Waals surface area contributed by atoms with Gasteiger partial charge < -0.3 is 15.1 Å². The maximum atomic E-state index is 12.8. The molecule has 2 N–H and O–H groups in total. The van der Waals surface area contributed by atoms with Gasteiger partial charge in [0.25, 0.3) is 0 Å². The van der Waals surface area contributed by atoms with Crippen LogP contribution in [-0.2, 0) is 9.59 Å². The van der Waals surface area contributed by atoms with Crippen molar-refractivity contribution in [2.75, 3.05) is 26.2 Å². The van der Waals surface area contributed by atoms with Crippen LogP contribution < -0.4 is 10.6 Å². The number of guanidine groups is 1. The van der Waals surface area contributed by atoms with Gasteiger partial charge in [-0.3, -0.25) is 14.9 Å². The van der Waals surface area contributed by atoms with E-state index in [-0.39, 0.29) is 18.4 Å². The summed E-state index contributed by atoms with van der Waals surface area (Å²) < 4.78 is 0. The van der Waals surface area contributed by atoms with Gasteiger partial charge in [-0.25, -0.2) is 4.99 Å². The third-order valence-corrected chi connectivity index (χ3v) is 4.91. The van der Waals surface area contributed by atoms with E-state index >= 15 is 0 Å². The average molecular weight is 346 g/mol. The van der Waals surface area contributed by atoms with Crippen molar-refractivity contribution >= 4 is 17.8 Å². The van der Waals surface area contributed by atoms with Crippen LogP contribution in [0.3, 0.4) is 0 Å². The number of likely N-dealkylation sites (tertiary alicyclic amines) is 2. The highest BCUT2D eigenvalue weighted by molar-refractivity contribution is 5.90. The maximum absolute atomic E-state index is 12.8. The van der Waals surface area contributed by atoms with E-state index in [0.29, 0.717) is 25.0 Å². The molecule has 0 aromatic heterocycles. The molecule has 2 heterocycles. The molecule has 3 rings (SSSR count). The van der Waals surface area contributed by atoms with E-state index in [2.05, 4.69) is 15.6 Å². The lowest BCUT2D eigenvalue weighted by atomic mass is 10.1. The molecule has 0 radical (unpaired) electrons. The molecule has 3 fully saturated rings. The Hall–Kier alpha value is -2.30. The van der Waals surface area contributed by atoms with E-state index in [4.69, 9.17) is 5.26 Å². The van der Waals surface area contributed by atoms with Gasteiger partial charge in [-0.1, -0.05) is 0 Å². The Morgan fingerprint density at radius 2 is 1.88 bits per heavy atom. The van der Waals surface area contributed by atoms with Crippen molar-refractivity contribution in [2.24, 2.45) is 4.99 Å². The number of rotatable bonds is 4. The fraction of sp³-hybridized carbons (Fsp3) is 0.765. The number of nitrogens with zero attached hydrogens (tertiary/aromatic N) is 4. The second-order valence-corrected chi connectivity index (χ2v) is 6.99. The van der Waals surface area contributed by atoms with Gasteiger partial charge in [0.1, 0.15) is 6.04 Å². The van der Waals surface area contributed by atoms with Crippen LogP contribution in [0.25, 0.3) is 0 Å². The Morgan fingerprint density at radius 3 is 2.56 bits per heavy atom. The third-order valence-electron chi connectivity index (χ3n) is 4.91. The first kappa shape index (κ1) is 17.5. The Morgan fingerprint density at radius 1 is 1.16 bits per heavy atom. The first-order valence-corrected chi connectivity index (χ1v) is 9.23. The molecule has 2 amide bonds. The molecule has 3 aliphatic rings. The van der Waals surface area contributed by atoms with Crippen molar-refractivity contribution < 1.29 is 9.59 Å². The zero-order chi connectivity index (χ0) is 17.6. The monoisotopic (exact) mass is 346 g/mol. The number of amides is 2. The van der Waals surface area contributed by atoms with Crippen molar-refractivity contribution in [3.8, 4) is 6.19 Å². The lowest BCUT2D eigenvalue weighted by Gasteiger charge is -2.25. The third kappa shape index (κ3) is 4.84. The zero-order valence-electron chi connectivity index (χ0n) is 14.5. The molecule has 0 unspecified atom stereocenters. The van der Waals surface area contributed by atoms with E-state index in [1.807, 2.05) is 11.1 Å². The van der Waals surface area contributed by atoms with Gasteiger partial charge in [0.2, 0.25) is 17.8 Å². The predicted octanol–water partition coefficient (Wildman–Crippen LogP) is 0.169. The summed E-state index contributed by atoms with van der Waals surface area (Å²) in [5, 5.41) is 14.6. The minimum atomic E-state index is -0.532.